The lowest BCUT2D eigenvalue weighted by atomic mass is 9.99. The topological polar surface area (TPSA) is 52.7 Å². The molecule has 0 unspecified atom stereocenters. The smallest absolute Gasteiger partial charge is 0.244 e. The minimum atomic E-state index is -0.304. The fourth-order valence-electron chi connectivity index (χ4n) is 2.92. The van der Waals surface area contributed by atoms with Crippen LogP contribution in [0.15, 0.2) is 79.1 Å². The second-order valence-electron chi connectivity index (χ2n) is 5.69. The molecule has 4 rings (SSSR count). The van der Waals surface area contributed by atoms with Gasteiger partial charge in [0.05, 0.1) is 5.69 Å². The van der Waals surface area contributed by atoms with Gasteiger partial charge in [-0.2, -0.15) is 19.6 Å². The fourth-order valence-corrected chi connectivity index (χ4v) is 2.92. The van der Waals surface area contributed by atoms with Gasteiger partial charge in [0.15, 0.2) is 0 Å². The quantitative estimate of drug-likeness (QED) is 0.553. The molecule has 0 spiro atoms. The lowest BCUT2D eigenvalue weighted by molar-refractivity contribution is 0.238. The number of hydrogen-bond acceptors (Lipinski definition) is 3. The summed E-state index contributed by atoms with van der Waals surface area (Å²) in [6.07, 6.45) is 3.20. The van der Waals surface area contributed by atoms with Gasteiger partial charge in [-0.25, -0.2) is 4.79 Å². The summed E-state index contributed by atoms with van der Waals surface area (Å²) >= 11 is 0. The van der Waals surface area contributed by atoms with Crippen molar-refractivity contribution in [3.05, 3.63) is 84.8 Å². The zero-order valence-electron chi connectivity index (χ0n) is 13.7. The van der Waals surface area contributed by atoms with Crippen LogP contribution in [0.25, 0.3) is 22.4 Å². The van der Waals surface area contributed by atoms with Gasteiger partial charge < -0.3 is 0 Å². The summed E-state index contributed by atoms with van der Waals surface area (Å²) in [6.45, 7) is 1.91. The van der Waals surface area contributed by atoms with Gasteiger partial charge in [0.1, 0.15) is 5.69 Å². The zero-order chi connectivity index (χ0) is 17.2. The summed E-state index contributed by atoms with van der Waals surface area (Å²) in [5, 5.41) is 8.64. The van der Waals surface area contributed by atoms with E-state index in [1.54, 1.807) is 18.5 Å². The molecule has 0 saturated carbocycles. The van der Waals surface area contributed by atoms with Crippen LogP contribution >= 0.6 is 0 Å². The molecule has 0 fully saturated rings. The van der Waals surface area contributed by atoms with Crippen LogP contribution in [0.5, 0.6) is 0 Å². The molecule has 0 aliphatic heterocycles. The third kappa shape index (κ3) is 2.65. The summed E-state index contributed by atoms with van der Waals surface area (Å²) in [7, 11) is 0. The van der Waals surface area contributed by atoms with Crippen molar-refractivity contribution < 1.29 is 4.79 Å². The number of carbonyl (C=O) groups excluding carboxylic acids is 1. The first-order valence-electron chi connectivity index (χ1n) is 8.00. The van der Waals surface area contributed by atoms with Crippen molar-refractivity contribution in [2.45, 2.75) is 6.92 Å². The predicted octanol–water partition coefficient (Wildman–Crippen LogP) is 4.24. The second-order valence-corrected chi connectivity index (χ2v) is 5.69. The Kier molecular flexibility index (Phi) is 3.74. The van der Waals surface area contributed by atoms with E-state index in [1.807, 2.05) is 67.6 Å². The maximum absolute atomic E-state index is 12.8. The van der Waals surface area contributed by atoms with Crippen molar-refractivity contribution in [1.29, 1.82) is 0 Å². The molecule has 5 heteroatoms. The second kappa shape index (κ2) is 6.20. The first-order chi connectivity index (χ1) is 12.3. The Balaban J connectivity index is 1.94. The minimum Gasteiger partial charge on any atom is -0.244 e. The Morgan fingerprint density at radius 3 is 2.12 bits per heavy atom. The van der Waals surface area contributed by atoms with Crippen molar-refractivity contribution in [2.24, 2.45) is 0 Å². The van der Waals surface area contributed by atoms with Crippen molar-refractivity contribution in [3.8, 4) is 22.4 Å². The van der Waals surface area contributed by atoms with E-state index in [2.05, 4.69) is 10.2 Å². The molecule has 0 amide bonds. The van der Waals surface area contributed by atoms with Crippen LogP contribution in [0.1, 0.15) is 5.69 Å². The van der Waals surface area contributed by atoms with E-state index < -0.39 is 0 Å². The number of carbonyl (C=O) groups is 1. The van der Waals surface area contributed by atoms with E-state index in [1.165, 1.54) is 9.36 Å². The summed E-state index contributed by atoms with van der Waals surface area (Å²) in [5.41, 5.74) is 4.51. The highest BCUT2D eigenvalue weighted by Gasteiger charge is 2.22. The molecule has 2 aromatic heterocycles. The van der Waals surface area contributed by atoms with Gasteiger partial charge in [-0.3, -0.25) is 0 Å². The number of hydrogen-bond donors (Lipinski definition) is 0. The Bertz CT molecular complexity index is 1000. The summed E-state index contributed by atoms with van der Waals surface area (Å²) < 4.78 is 2.70. The summed E-state index contributed by atoms with van der Waals surface area (Å²) in [6, 6.07) is 21.3. The zero-order valence-corrected chi connectivity index (χ0v) is 13.7. The maximum atomic E-state index is 12.8. The van der Waals surface area contributed by atoms with Crippen molar-refractivity contribution in [3.63, 3.8) is 0 Å². The first-order valence-corrected chi connectivity index (χ1v) is 8.00. The average Bonchev–Trinajstić information content (AvgIpc) is 3.31. The Hall–Kier alpha value is -3.47. The molecule has 0 aliphatic rings. The van der Waals surface area contributed by atoms with E-state index in [0.29, 0.717) is 0 Å². The molecular formula is C20H16N4O. The van der Waals surface area contributed by atoms with Gasteiger partial charge in [-0.1, -0.05) is 60.7 Å². The highest BCUT2D eigenvalue weighted by molar-refractivity contribution is 5.87. The van der Waals surface area contributed by atoms with Crippen LogP contribution in [0.3, 0.4) is 0 Å². The molecule has 4 aromatic rings. The largest absolute Gasteiger partial charge is 0.369 e. The van der Waals surface area contributed by atoms with Gasteiger partial charge in [0.25, 0.3) is 0 Å². The van der Waals surface area contributed by atoms with Crippen molar-refractivity contribution in [1.82, 2.24) is 19.6 Å². The van der Waals surface area contributed by atoms with Gasteiger partial charge in [-0.15, -0.1) is 0 Å². The molecule has 2 heterocycles. The molecule has 5 nitrogen and oxygen atoms in total. The fraction of sp³-hybridized carbons (Fsp3) is 0.0500. The monoisotopic (exact) mass is 328 g/mol. The SMILES string of the molecule is Cc1c(-c2ccccc2)c(-c2ccccc2)nn1C(=O)n1cccn1. The van der Waals surface area contributed by atoms with E-state index in [0.717, 1.165) is 28.1 Å². The number of nitrogens with zero attached hydrogens (tertiary/aromatic N) is 4. The van der Waals surface area contributed by atoms with E-state index >= 15 is 0 Å². The lowest BCUT2D eigenvalue weighted by Gasteiger charge is -2.05. The van der Waals surface area contributed by atoms with Crippen LogP contribution < -0.4 is 0 Å². The highest BCUT2D eigenvalue weighted by atomic mass is 16.2. The van der Waals surface area contributed by atoms with Gasteiger partial charge in [0.2, 0.25) is 0 Å². The molecule has 0 saturated heterocycles. The van der Waals surface area contributed by atoms with Crippen LogP contribution in [0.2, 0.25) is 0 Å². The normalized spacial score (nSPS) is 10.8. The minimum absolute atomic E-state index is 0.304. The summed E-state index contributed by atoms with van der Waals surface area (Å²) in [5.74, 6) is 0. The Labute approximate surface area is 145 Å². The number of rotatable bonds is 2. The van der Waals surface area contributed by atoms with Crippen LogP contribution in [0.4, 0.5) is 4.79 Å². The molecule has 0 aliphatic carbocycles. The van der Waals surface area contributed by atoms with Crippen LogP contribution in [-0.2, 0) is 0 Å². The summed E-state index contributed by atoms with van der Waals surface area (Å²) in [4.78, 5) is 12.8. The molecular weight excluding hydrogens is 312 g/mol. The molecule has 0 radical (unpaired) electrons. The third-order valence-electron chi connectivity index (χ3n) is 4.11. The molecule has 2 aromatic carbocycles. The van der Waals surface area contributed by atoms with Crippen molar-refractivity contribution in [2.75, 3.05) is 0 Å². The van der Waals surface area contributed by atoms with Gasteiger partial charge in [0, 0.05) is 23.5 Å². The molecule has 0 N–H and O–H groups in total. The standard InChI is InChI=1S/C20H16N4O/c1-15-18(16-9-4-2-5-10-16)19(17-11-6-3-7-12-17)22-24(15)20(25)23-14-8-13-21-23/h2-14H,1H3. The molecule has 25 heavy (non-hydrogen) atoms. The average molecular weight is 328 g/mol. The van der Waals surface area contributed by atoms with E-state index in [9.17, 15) is 4.79 Å². The van der Waals surface area contributed by atoms with E-state index in [-0.39, 0.29) is 6.03 Å². The van der Waals surface area contributed by atoms with Crippen LogP contribution in [-0.4, -0.2) is 25.6 Å². The Morgan fingerprint density at radius 1 is 0.880 bits per heavy atom. The number of aromatic nitrogens is 4. The molecule has 0 bridgehead atoms. The van der Waals surface area contributed by atoms with Crippen LogP contribution in [0, 0.1) is 6.92 Å². The predicted molar refractivity (Wildman–Crippen MR) is 96.3 cm³/mol. The maximum Gasteiger partial charge on any atom is 0.369 e. The van der Waals surface area contributed by atoms with Gasteiger partial charge in [-0.05, 0) is 18.6 Å². The van der Waals surface area contributed by atoms with E-state index in [4.69, 9.17) is 0 Å². The third-order valence-corrected chi connectivity index (χ3v) is 4.11. The van der Waals surface area contributed by atoms with Gasteiger partial charge >= 0.3 is 6.03 Å². The highest BCUT2D eigenvalue weighted by Crippen LogP contribution is 2.34. The first kappa shape index (κ1) is 15.1. The number of benzene rings is 2. The molecule has 122 valence electrons. The lowest BCUT2D eigenvalue weighted by Crippen LogP contribution is -2.22. The Morgan fingerprint density at radius 2 is 1.52 bits per heavy atom. The van der Waals surface area contributed by atoms with Crippen molar-refractivity contribution >= 4 is 6.03 Å². The molecule has 0 atom stereocenters.